The molecule has 1 aliphatic rings. The van der Waals surface area contributed by atoms with E-state index in [-0.39, 0.29) is 11.8 Å². The second-order valence-corrected chi connectivity index (χ2v) is 6.06. The number of furan rings is 1. The van der Waals surface area contributed by atoms with Crippen LogP contribution in [0.1, 0.15) is 43.0 Å². The number of amides is 2. The largest absolute Gasteiger partial charge is 0.472 e. The van der Waals surface area contributed by atoms with Gasteiger partial charge in [0, 0.05) is 19.5 Å². The van der Waals surface area contributed by atoms with Gasteiger partial charge in [0.2, 0.25) is 5.91 Å². The van der Waals surface area contributed by atoms with Crippen molar-refractivity contribution in [2.45, 2.75) is 32.6 Å². The molecule has 6 heteroatoms. The minimum atomic E-state index is -0.0909. The van der Waals surface area contributed by atoms with E-state index in [9.17, 15) is 9.59 Å². The van der Waals surface area contributed by atoms with Crippen molar-refractivity contribution in [2.24, 2.45) is 0 Å². The van der Waals surface area contributed by atoms with E-state index in [1.165, 1.54) is 44.9 Å². The van der Waals surface area contributed by atoms with E-state index in [4.69, 9.17) is 4.42 Å². The zero-order valence-electron chi connectivity index (χ0n) is 14.0. The van der Waals surface area contributed by atoms with E-state index in [0.29, 0.717) is 25.1 Å². The predicted octanol–water partition coefficient (Wildman–Crippen LogP) is 0.317. The number of nitrogens with one attached hydrogen (secondary N) is 2. The highest BCUT2D eigenvalue weighted by molar-refractivity contribution is 5.94. The van der Waals surface area contributed by atoms with Crippen molar-refractivity contribution < 1.29 is 18.9 Å². The molecule has 0 saturated carbocycles. The number of rotatable bonds is 8. The van der Waals surface area contributed by atoms with Gasteiger partial charge in [0.05, 0.1) is 38.0 Å². The minimum Gasteiger partial charge on any atom is -0.472 e. The second-order valence-electron chi connectivity index (χ2n) is 6.06. The average molecular weight is 322 g/mol. The summed E-state index contributed by atoms with van der Waals surface area (Å²) in [7, 11) is 0. The van der Waals surface area contributed by atoms with Gasteiger partial charge in [-0.2, -0.15) is 0 Å². The van der Waals surface area contributed by atoms with Gasteiger partial charge in [0.15, 0.2) is 0 Å². The number of carbonyl (C=O) groups excluding carboxylic acids is 2. The number of carbonyl (C=O) groups is 2. The lowest BCUT2D eigenvalue weighted by molar-refractivity contribution is -0.903. The molecule has 1 saturated heterocycles. The van der Waals surface area contributed by atoms with E-state index in [0.717, 1.165) is 13.1 Å². The Labute approximate surface area is 137 Å². The Kier molecular flexibility index (Phi) is 7.13. The van der Waals surface area contributed by atoms with Gasteiger partial charge in [0.25, 0.3) is 5.91 Å². The molecule has 2 N–H and O–H groups in total. The third-order valence-electron chi connectivity index (χ3n) is 4.41. The van der Waals surface area contributed by atoms with Gasteiger partial charge in [-0.15, -0.1) is 0 Å². The molecule has 0 atom stereocenters. The van der Waals surface area contributed by atoms with Crippen LogP contribution in [0.4, 0.5) is 0 Å². The van der Waals surface area contributed by atoms with E-state index in [1.54, 1.807) is 15.9 Å². The highest BCUT2D eigenvalue weighted by atomic mass is 16.3. The number of hydrogen-bond donors (Lipinski definition) is 2. The fraction of sp³-hybridized carbons (Fsp3) is 0.647. The van der Waals surface area contributed by atoms with Crippen LogP contribution < -0.4 is 10.2 Å². The van der Waals surface area contributed by atoms with Crippen LogP contribution in [0.25, 0.3) is 0 Å². The first kappa shape index (κ1) is 17.5. The zero-order valence-corrected chi connectivity index (χ0v) is 14.0. The SMILES string of the molecule is CCN(CCC(=O)NCC[NH+]1CCCCC1)C(=O)c1ccoc1. The summed E-state index contributed by atoms with van der Waals surface area (Å²) in [6.07, 6.45) is 7.19. The topological polar surface area (TPSA) is 67.0 Å². The van der Waals surface area contributed by atoms with Crippen LogP contribution in [0, 0.1) is 0 Å². The molecule has 0 unspecified atom stereocenters. The maximum absolute atomic E-state index is 12.2. The van der Waals surface area contributed by atoms with Crippen LogP contribution in [-0.2, 0) is 4.79 Å². The van der Waals surface area contributed by atoms with Crippen molar-refractivity contribution in [2.75, 3.05) is 39.3 Å². The molecule has 1 aromatic heterocycles. The number of likely N-dealkylation sites (tertiary alicyclic amines) is 1. The second kappa shape index (κ2) is 9.35. The highest BCUT2D eigenvalue weighted by Crippen LogP contribution is 2.06. The van der Waals surface area contributed by atoms with Gasteiger partial charge in [0.1, 0.15) is 6.26 Å². The van der Waals surface area contributed by atoms with Gasteiger partial charge in [-0.1, -0.05) is 0 Å². The van der Waals surface area contributed by atoms with Crippen molar-refractivity contribution in [1.82, 2.24) is 10.2 Å². The van der Waals surface area contributed by atoms with E-state index >= 15 is 0 Å². The maximum atomic E-state index is 12.2. The summed E-state index contributed by atoms with van der Waals surface area (Å²) in [5, 5.41) is 2.97. The van der Waals surface area contributed by atoms with Crippen LogP contribution in [0.3, 0.4) is 0 Å². The summed E-state index contributed by atoms with van der Waals surface area (Å²) >= 11 is 0. The Morgan fingerprint density at radius 2 is 2.09 bits per heavy atom. The molecule has 6 nitrogen and oxygen atoms in total. The molecule has 0 spiro atoms. The molecule has 0 aliphatic carbocycles. The molecule has 128 valence electrons. The van der Waals surface area contributed by atoms with Gasteiger partial charge < -0.3 is 19.5 Å². The van der Waals surface area contributed by atoms with Gasteiger partial charge in [-0.05, 0) is 32.3 Å². The summed E-state index contributed by atoms with van der Waals surface area (Å²) in [4.78, 5) is 27.4. The molecule has 2 rings (SSSR count). The number of piperidine rings is 1. The highest BCUT2D eigenvalue weighted by Gasteiger charge is 2.17. The van der Waals surface area contributed by atoms with E-state index in [2.05, 4.69) is 5.32 Å². The first-order chi connectivity index (χ1) is 11.2. The number of nitrogens with zero attached hydrogens (tertiary/aromatic N) is 1. The Morgan fingerprint density at radius 3 is 2.74 bits per heavy atom. The Hall–Kier alpha value is -1.82. The monoisotopic (exact) mass is 322 g/mol. The molecule has 23 heavy (non-hydrogen) atoms. The molecule has 1 aromatic rings. The van der Waals surface area contributed by atoms with Crippen molar-refractivity contribution in [3.8, 4) is 0 Å². The van der Waals surface area contributed by atoms with Crippen LogP contribution in [-0.4, -0.2) is 56.0 Å². The molecule has 1 aliphatic heterocycles. The third-order valence-corrected chi connectivity index (χ3v) is 4.41. The van der Waals surface area contributed by atoms with Gasteiger partial charge >= 0.3 is 0 Å². The first-order valence-electron chi connectivity index (χ1n) is 8.62. The Bertz CT molecular complexity index is 481. The lowest BCUT2D eigenvalue weighted by atomic mass is 10.1. The Balaban J connectivity index is 1.65. The minimum absolute atomic E-state index is 0.0138. The lowest BCUT2D eigenvalue weighted by Crippen LogP contribution is -3.13. The summed E-state index contributed by atoms with van der Waals surface area (Å²) in [5.74, 6) is -0.0772. The molecular formula is C17H28N3O3+. The van der Waals surface area contributed by atoms with Crippen LogP contribution in [0.5, 0.6) is 0 Å². The molecule has 0 aromatic carbocycles. The van der Waals surface area contributed by atoms with Crippen LogP contribution in [0.2, 0.25) is 0 Å². The summed E-state index contributed by atoms with van der Waals surface area (Å²) in [5.41, 5.74) is 0.529. The first-order valence-corrected chi connectivity index (χ1v) is 8.62. The third kappa shape index (κ3) is 5.71. The number of quaternary nitrogens is 1. The van der Waals surface area contributed by atoms with E-state index < -0.39 is 0 Å². The maximum Gasteiger partial charge on any atom is 0.257 e. The standard InChI is InChI=1S/C17H27N3O3/c1-2-20(17(22)15-7-13-23-14-15)11-6-16(21)18-8-12-19-9-4-3-5-10-19/h7,13-14H,2-6,8-12H2,1H3,(H,18,21)/p+1. The quantitative estimate of drug-likeness (QED) is 0.724. The van der Waals surface area contributed by atoms with Crippen molar-refractivity contribution in [1.29, 1.82) is 0 Å². The van der Waals surface area contributed by atoms with Gasteiger partial charge in [-0.25, -0.2) is 0 Å². The molecule has 0 radical (unpaired) electrons. The number of hydrogen-bond acceptors (Lipinski definition) is 3. The fourth-order valence-electron chi connectivity index (χ4n) is 2.98. The molecule has 2 heterocycles. The average Bonchev–Trinajstić information content (AvgIpc) is 3.10. The summed E-state index contributed by atoms with van der Waals surface area (Å²) < 4.78 is 4.94. The van der Waals surface area contributed by atoms with Crippen LogP contribution in [0.15, 0.2) is 23.0 Å². The normalized spacial score (nSPS) is 15.3. The smallest absolute Gasteiger partial charge is 0.257 e. The summed E-state index contributed by atoms with van der Waals surface area (Å²) in [6.45, 7) is 7.08. The van der Waals surface area contributed by atoms with Crippen LogP contribution >= 0.6 is 0 Å². The fourth-order valence-corrected chi connectivity index (χ4v) is 2.98. The Morgan fingerprint density at radius 1 is 1.30 bits per heavy atom. The molecular weight excluding hydrogens is 294 g/mol. The predicted molar refractivity (Wildman–Crippen MR) is 87.3 cm³/mol. The van der Waals surface area contributed by atoms with Crippen molar-refractivity contribution >= 4 is 11.8 Å². The molecule has 0 bridgehead atoms. The van der Waals surface area contributed by atoms with Gasteiger partial charge in [-0.3, -0.25) is 9.59 Å². The molecule has 2 amide bonds. The van der Waals surface area contributed by atoms with Crippen molar-refractivity contribution in [3.63, 3.8) is 0 Å². The molecule has 1 fully saturated rings. The zero-order chi connectivity index (χ0) is 16.5. The van der Waals surface area contributed by atoms with Crippen molar-refractivity contribution in [3.05, 3.63) is 24.2 Å². The summed E-state index contributed by atoms with van der Waals surface area (Å²) in [6, 6.07) is 1.65. The lowest BCUT2D eigenvalue weighted by Gasteiger charge is -2.23. The van der Waals surface area contributed by atoms with E-state index in [1.807, 2.05) is 6.92 Å².